The summed E-state index contributed by atoms with van der Waals surface area (Å²) in [5.41, 5.74) is 0. The molecular formula is C18H19N3O6. The summed E-state index contributed by atoms with van der Waals surface area (Å²) in [6.45, 7) is 2.82. The molecule has 1 N–H and O–H groups in total. The first-order valence-corrected chi connectivity index (χ1v) is 8.40. The summed E-state index contributed by atoms with van der Waals surface area (Å²) in [5, 5.41) is 6.58. The molecule has 0 radical (unpaired) electrons. The highest BCUT2D eigenvalue weighted by Crippen LogP contribution is 2.17. The number of nitrogens with zero attached hydrogens (tertiary/aromatic N) is 2. The molecule has 2 heterocycles. The molecule has 27 heavy (non-hydrogen) atoms. The summed E-state index contributed by atoms with van der Waals surface area (Å²) >= 11 is 0. The van der Waals surface area contributed by atoms with Gasteiger partial charge in [-0.2, -0.15) is 4.68 Å². The van der Waals surface area contributed by atoms with Crippen LogP contribution < -0.4 is 20.5 Å². The lowest BCUT2D eigenvalue weighted by Crippen LogP contribution is -2.33. The molecule has 9 heteroatoms. The van der Waals surface area contributed by atoms with E-state index in [2.05, 4.69) is 10.4 Å². The first kappa shape index (κ1) is 18.3. The Labute approximate surface area is 154 Å². The van der Waals surface area contributed by atoms with Crippen LogP contribution in [-0.4, -0.2) is 35.4 Å². The minimum atomic E-state index is -0.734. The van der Waals surface area contributed by atoms with Gasteiger partial charge in [0.15, 0.2) is 5.76 Å². The average molecular weight is 373 g/mol. The molecule has 2 aromatic heterocycles. The van der Waals surface area contributed by atoms with Crippen molar-refractivity contribution in [2.24, 2.45) is 0 Å². The van der Waals surface area contributed by atoms with E-state index in [0.717, 1.165) is 10.4 Å². The molecule has 1 aromatic carbocycles. The van der Waals surface area contributed by atoms with Gasteiger partial charge in [-0.15, -0.1) is 5.10 Å². The van der Waals surface area contributed by atoms with E-state index in [1.165, 1.54) is 6.26 Å². The Hall–Kier alpha value is -3.49. The molecule has 1 amide bonds. The van der Waals surface area contributed by atoms with Gasteiger partial charge < -0.3 is 23.6 Å². The monoisotopic (exact) mass is 373 g/mol. The van der Waals surface area contributed by atoms with Crippen molar-refractivity contribution in [1.82, 2.24) is 15.1 Å². The molecule has 0 unspecified atom stereocenters. The molecule has 0 bridgehead atoms. The van der Waals surface area contributed by atoms with E-state index in [9.17, 15) is 9.59 Å². The van der Waals surface area contributed by atoms with E-state index in [1.807, 2.05) is 19.1 Å². The number of carbonyl (C=O) groups excluding carboxylic acids is 1. The fourth-order valence-corrected chi connectivity index (χ4v) is 2.26. The van der Waals surface area contributed by atoms with Crippen LogP contribution in [0.25, 0.3) is 11.7 Å². The molecule has 9 nitrogen and oxygen atoms in total. The lowest BCUT2D eigenvalue weighted by atomic mass is 10.3. The highest BCUT2D eigenvalue weighted by molar-refractivity contribution is 5.75. The topological polar surface area (TPSA) is 109 Å². The minimum Gasteiger partial charge on any atom is -0.494 e. The Morgan fingerprint density at radius 1 is 1.19 bits per heavy atom. The Bertz CT molecular complexity index is 911. The van der Waals surface area contributed by atoms with Crippen molar-refractivity contribution >= 4 is 5.91 Å². The number of benzene rings is 1. The van der Waals surface area contributed by atoms with Crippen molar-refractivity contribution < 1.29 is 23.1 Å². The van der Waals surface area contributed by atoms with Crippen molar-refractivity contribution in [2.45, 2.75) is 13.5 Å². The van der Waals surface area contributed by atoms with Crippen molar-refractivity contribution in [2.75, 3.05) is 19.8 Å². The summed E-state index contributed by atoms with van der Waals surface area (Å²) in [4.78, 5) is 23.7. The lowest BCUT2D eigenvalue weighted by Gasteiger charge is -2.08. The third-order valence-electron chi connectivity index (χ3n) is 3.46. The first-order valence-electron chi connectivity index (χ1n) is 8.40. The molecule has 0 aliphatic rings. The number of nitrogens with one attached hydrogen (secondary N) is 1. The summed E-state index contributed by atoms with van der Waals surface area (Å²) < 4.78 is 21.9. The maximum absolute atomic E-state index is 11.9. The fourth-order valence-electron chi connectivity index (χ4n) is 2.26. The number of ether oxygens (including phenoxy) is 2. The largest absolute Gasteiger partial charge is 0.494 e. The normalized spacial score (nSPS) is 10.6. The molecule has 0 aliphatic heterocycles. The molecule has 0 atom stereocenters. The zero-order valence-corrected chi connectivity index (χ0v) is 14.7. The third-order valence-corrected chi connectivity index (χ3v) is 3.46. The number of carbonyl (C=O) groups is 1. The average Bonchev–Trinajstić information content (AvgIpc) is 3.31. The molecule has 142 valence electrons. The molecule has 0 fully saturated rings. The molecule has 3 rings (SSSR count). The SMILES string of the molecule is CCOc1ccc(OCCNC(=O)Cn2nc(-c3ccco3)oc2=O)cc1. The van der Waals surface area contributed by atoms with Crippen LogP contribution in [0.1, 0.15) is 6.92 Å². The van der Waals surface area contributed by atoms with E-state index in [0.29, 0.717) is 18.1 Å². The van der Waals surface area contributed by atoms with Gasteiger partial charge in [-0.1, -0.05) is 0 Å². The molecule has 3 aromatic rings. The smallest absolute Gasteiger partial charge is 0.437 e. The zero-order valence-electron chi connectivity index (χ0n) is 14.7. The lowest BCUT2D eigenvalue weighted by molar-refractivity contribution is -0.122. The minimum absolute atomic E-state index is 0.0247. The molecule has 0 saturated heterocycles. The number of rotatable bonds is 9. The van der Waals surface area contributed by atoms with Crippen molar-refractivity contribution in [3.05, 3.63) is 53.2 Å². The van der Waals surface area contributed by atoms with Crippen LogP contribution >= 0.6 is 0 Å². The first-order chi connectivity index (χ1) is 13.2. The van der Waals surface area contributed by atoms with Gasteiger partial charge >= 0.3 is 5.76 Å². The van der Waals surface area contributed by atoms with Gasteiger partial charge in [-0.3, -0.25) is 4.79 Å². The van der Waals surface area contributed by atoms with Crippen LogP contribution in [0.15, 0.2) is 56.3 Å². The van der Waals surface area contributed by atoms with E-state index < -0.39 is 5.76 Å². The summed E-state index contributed by atoms with van der Waals surface area (Å²) in [6, 6.07) is 10.4. The number of hydrogen-bond donors (Lipinski definition) is 1. The zero-order chi connectivity index (χ0) is 19.1. The predicted molar refractivity (Wildman–Crippen MR) is 94.6 cm³/mol. The van der Waals surface area contributed by atoms with Crippen molar-refractivity contribution in [1.29, 1.82) is 0 Å². The van der Waals surface area contributed by atoms with Crippen LogP contribution in [0.4, 0.5) is 0 Å². The standard InChI is InChI=1S/C18H19N3O6/c1-2-24-13-5-7-14(8-6-13)25-11-9-19-16(22)12-21-18(23)27-17(20-21)15-4-3-10-26-15/h3-8,10H,2,9,11-12H2,1H3,(H,19,22). The highest BCUT2D eigenvalue weighted by atomic mass is 16.5. The predicted octanol–water partition coefficient (Wildman–Crippen LogP) is 1.69. The van der Waals surface area contributed by atoms with E-state index in [4.69, 9.17) is 18.3 Å². The van der Waals surface area contributed by atoms with Crippen LogP contribution in [-0.2, 0) is 11.3 Å². The molecule has 0 aliphatic carbocycles. The van der Waals surface area contributed by atoms with E-state index in [1.54, 1.807) is 24.3 Å². The number of hydrogen-bond acceptors (Lipinski definition) is 7. The Kier molecular flexibility index (Phi) is 5.93. The Morgan fingerprint density at radius 3 is 2.59 bits per heavy atom. The second-order valence-corrected chi connectivity index (χ2v) is 5.41. The van der Waals surface area contributed by atoms with Gasteiger partial charge in [0.25, 0.3) is 5.89 Å². The second kappa shape index (κ2) is 8.75. The second-order valence-electron chi connectivity index (χ2n) is 5.41. The van der Waals surface area contributed by atoms with Crippen molar-refractivity contribution in [3.8, 4) is 23.1 Å². The number of furan rings is 1. The number of aromatic nitrogens is 2. The Morgan fingerprint density at radius 2 is 1.93 bits per heavy atom. The highest BCUT2D eigenvalue weighted by Gasteiger charge is 2.14. The van der Waals surface area contributed by atoms with Crippen LogP contribution in [0.5, 0.6) is 11.5 Å². The van der Waals surface area contributed by atoms with Crippen molar-refractivity contribution in [3.63, 3.8) is 0 Å². The molecule has 0 spiro atoms. The van der Waals surface area contributed by atoms with Gasteiger partial charge in [-0.05, 0) is 43.3 Å². The Balaban J connectivity index is 1.43. The van der Waals surface area contributed by atoms with Gasteiger partial charge in [0, 0.05) is 0 Å². The maximum atomic E-state index is 11.9. The summed E-state index contributed by atoms with van der Waals surface area (Å²) in [7, 11) is 0. The number of amides is 1. The maximum Gasteiger partial charge on any atom is 0.437 e. The van der Waals surface area contributed by atoms with Crippen LogP contribution in [0.3, 0.4) is 0 Å². The van der Waals surface area contributed by atoms with E-state index in [-0.39, 0.29) is 31.5 Å². The quantitative estimate of drug-likeness (QED) is 0.569. The third kappa shape index (κ3) is 5.00. The molecule has 0 saturated carbocycles. The van der Waals surface area contributed by atoms with Gasteiger partial charge in [0.1, 0.15) is 24.7 Å². The van der Waals surface area contributed by atoms with Gasteiger partial charge in [-0.25, -0.2) is 4.79 Å². The van der Waals surface area contributed by atoms with Crippen LogP contribution in [0.2, 0.25) is 0 Å². The van der Waals surface area contributed by atoms with Gasteiger partial charge in [0.2, 0.25) is 5.91 Å². The summed E-state index contributed by atoms with van der Waals surface area (Å²) in [5.74, 6) is 0.661. The van der Waals surface area contributed by atoms with Crippen LogP contribution in [0, 0.1) is 0 Å². The van der Waals surface area contributed by atoms with E-state index >= 15 is 0 Å². The summed E-state index contributed by atoms with van der Waals surface area (Å²) in [6.07, 6.45) is 1.44. The van der Waals surface area contributed by atoms with Gasteiger partial charge in [0.05, 0.1) is 19.4 Å². The molecular weight excluding hydrogens is 354 g/mol. The fraction of sp³-hybridized carbons (Fsp3) is 0.278.